The number of allylic oxidation sites excluding steroid dienone is 3. The molecule has 0 saturated heterocycles. The Morgan fingerprint density at radius 1 is 0.820 bits per heavy atom. The smallest absolute Gasteiger partial charge is 0.270 e. The average molecular weight is 655 g/mol. The molecule has 6 aromatic carbocycles. The molecule has 0 aromatic heterocycles. The van der Waals surface area contributed by atoms with Crippen LogP contribution in [-0.4, -0.2) is 37.4 Å². The molecule has 0 radical (unpaired) electrons. The molecule has 6 N–H and O–H groups in total. The maximum atomic E-state index is 15.2. The molecule has 6 aromatic rings. The third kappa shape index (κ3) is 3.56. The fraction of sp³-hybridized carbons (Fsp3) is 0.146. The topological polar surface area (TPSA) is 150 Å². The van der Waals surface area contributed by atoms with Gasteiger partial charge in [0.1, 0.15) is 24.6 Å². The number of anilines is 3. The first-order chi connectivity index (χ1) is 24.2. The normalized spacial score (nSPS) is 15.9. The van der Waals surface area contributed by atoms with Crippen molar-refractivity contribution >= 4 is 71.3 Å². The van der Waals surface area contributed by atoms with Crippen LogP contribution in [0.1, 0.15) is 16.7 Å². The molecule has 242 valence electrons. The maximum absolute atomic E-state index is 15.2. The number of aromatic hydroxyl groups is 2. The molecule has 50 heavy (non-hydrogen) atoms. The molecule has 9 nitrogen and oxygen atoms in total. The molecule has 0 spiro atoms. The van der Waals surface area contributed by atoms with Crippen molar-refractivity contribution in [2.45, 2.75) is 12.8 Å². The first kappa shape index (κ1) is 29.4. The van der Waals surface area contributed by atoms with E-state index in [1.54, 1.807) is 24.3 Å². The summed E-state index contributed by atoms with van der Waals surface area (Å²) in [4.78, 5) is 5.62. The third-order valence-corrected chi connectivity index (χ3v) is 10.7. The number of nitrogen functional groups attached to an aromatic ring is 2. The van der Waals surface area contributed by atoms with E-state index < -0.39 is 5.76 Å². The summed E-state index contributed by atoms with van der Waals surface area (Å²) in [5, 5.41) is 55.4. The molecule has 0 atom stereocenters. The minimum absolute atomic E-state index is 0.0525. The third-order valence-electron chi connectivity index (χ3n) is 10.7. The molecular weight excluding hydrogens is 624 g/mol. The molecule has 3 aliphatic rings. The lowest BCUT2D eigenvalue weighted by Gasteiger charge is -2.38. The van der Waals surface area contributed by atoms with Crippen molar-refractivity contribution in [1.82, 2.24) is 4.58 Å². The van der Waals surface area contributed by atoms with Gasteiger partial charge < -0.3 is 31.7 Å². The SMILES string of the molecule is [C-]#[N+]/C(C#N)=C1/C(c2c3c(N)cccc3c(N(C)C)c3cccc(N)c23)=C([O-])C1=c1c2c(O)ccc3c2c2c4c(ccc(O)c14)CC[N+]=2CC3. The summed E-state index contributed by atoms with van der Waals surface area (Å²) in [7, 11) is 3.86. The van der Waals surface area contributed by atoms with Crippen LogP contribution in [0.25, 0.3) is 59.1 Å². The van der Waals surface area contributed by atoms with E-state index in [1.807, 2.05) is 55.4 Å². The van der Waals surface area contributed by atoms with E-state index in [-0.39, 0.29) is 33.9 Å². The molecule has 2 aliphatic heterocycles. The molecule has 0 fully saturated rings. The number of fused-ring (bicyclic) bond motifs is 2. The highest BCUT2D eigenvalue weighted by Gasteiger charge is 2.36. The van der Waals surface area contributed by atoms with E-state index in [9.17, 15) is 15.5 Å². The van der Waals surface area contributed by atoms with Crippen molar-refractivity contribution in [2.75, 3.05) is 43.6 Å². The number of hydrogen-bond donors (Lipinski definition) is 4. The van der Waals surface area contributed by atoms with Gasteiger partial charge in [0.05, 0.1) is 29.1 Å². The van der Waals surface area contributed by atoms with Crippen LogP contribution in [0.2, 0.25) is 0 Å². The highest BCUT2D eigenvalue weighted by Crippen LogP contribution is 2.54. The summed E-state index contributed by atoms with van der Waals surface area (Å²) in [6.07, 6.45) is 1.49. The first-order valence-corrected chi connectivity index (χ1v) is 16.4. The van der Waals surface area contributed by atoms with Gasteiger partial charge in [-0.2, -0.15) is 0 Å². The minimum Gasteiger partial charge on any atom is -0.872 e. The van der Waals surface area contributed by atoms with Crippen LogP contribution in [0.5, 0.6) is 11.5 Å². The zero-order chi connectivity index (χ0) is 34.7. The molecule has 0 bridgehead atoms. The largest absolute Gasteiger partial charge is 0.872 e. The van der Waals surface area contributed by atoms with Gasteiger partial charge in [-0.1, -0.05) is 42.2 Å². The Kier molecular flexibility index (Phi) is 5.97. The lowest BCUT2D eigenvalue weighted by atomic mass is 9.72. The lowest BCUT2D eigenvalue weighted by molar-refractivity contribution is -0.292. The monoisotopic (exact) mass is 654 g/mol. The van der Waals surface area contributed by atoms with Gasteiger partial charge in [0.2, 0.25) is 5.36 Å². The van der Waals surface area contributed by atoms with E-state index in [0.717, 1.165) is 69.6 Å². The van der Waals surface area contributed by atoms with Gasteiger partial charge in [0.15, 0.2) is 0 Å². The quantitative estimate of drug-likeness (QED) is 0.0720. The summed E-state index contributed by atoms with van der Waals surface area (Å²) >= 11 is 0. The highest BCUT2D eigenvalue weighted by molar-refractivity contribution is 6.29. The molecule has 2 heterocycles. The summed E-state index contributed by atoms with van der Waals surface area (Å²) in [6, 6.07) is 20.2. The Labute approximate surface area is 286 Å². The number of phenols is 2. The number of nitriles is 1. The Morgan fingerprint density at radius 3 is 1.84 bits per heavy atom. The maximum Gasteiger partial charge on any atom is 0.270 e. The molecule has 1 aliphatic carbocycles. The van der Waals surface area contributed by atoms with Crippen molar-refractivity contribution in [3.8, 4) is 17.6 Å². The fourth-order valence-corrected chi connectivity index (χ4v) is 8.76. The fourth-order valence-electron chi connectivity index (χ4n) is 8.76. The van der Waals surface area contributed by atoms with E-state index in [1.165, 1.54) is 0 Å². The van der Waals surface area contributed by atoms with Gasteiger partial charge in [0.25, 0.3) is 5.70 Å². The molecule has 9 rings (SSSR count). The van der Waals surface area contributed by atoms with Gasteiger partial charge in [-0.3, -0.25) is 0 Å². The zero-order valence-electron chi connectivity index (χ0n) is 27.3. The van der Waals surface area contributed by atoms with Crippen LogP contribution < -0.4 is 36.6 Å². The van der Waals surface area contributed by atoms with E-state index in [2.05, 4.69) is 15.5 Å². The second-order valence-electron chi connectivity index (χ2n) is 13.4. The Morgan fingerprint density at radius 2 is 1.36 bits per heavy atom. The molecule has 9 heteroatoms. The summed E-state index contributed by atoms with van der Waals surface area (Å²) < 4.78 is 2.28. The standard InChI is InChI=1S/C41H30N6O3/c1-45-25(18-42)32-37(35-30-21(6-4-8-23(30)43)39(46(2)3)22-7-5-9-24(44)31(22)35)41(50)38(32)36-33-26(48)12-10-19-14-16-47-17-15-20-11-13-27(49)34(36)29(20)40(47)28(19)33/h4-13H,14-17,43-44H2,2-3H3,(H2-,48,49,50)/b32-25-. The lowest BCUT2D eigenvalue weighted by Crippen LogP contribution is -2.42. The predicted molar refractivity (Wildman–Crippen MR) is 197 cm³/mol. The van der Waals surface area contributed by atoms with Crippen molar-refractivity contribution in [1.29, 1.82) is 5.26 Å². The van der Waals surface area contributed by atoms with E-state index in [0.29, 0.717) is 43.7 Å². The first-order valence-electron chi connectivity index (χ1n) is 16.4. The van der Waals surface area contributed by atoms with Crippen LogP contribution in [0.3, 0.4) is 0 Å². The predicted octanol–water partition coefficient (Wildman–Crippen LogP) is 4.18. The number of nitrogens with two attached hydrogens (primary N) is 2. The molecular formula is C41H30N6O3. The van der Waals surface area contributed by atoms with Gasteiger partial charge in [-0.25, -0.2) is 14.7 Å². The van der Waals surface area contributed by atoms with Crippen LogP contribution in [0.15, 0.2) is 77.7 Å². The minimum atomic E-state index is -0.431. The van der Waals surface area contributed by atoms with Crippen molar-refractivity contribution < 1.29 is 15.3 Å². The van der Waals surface area contributed by atoms with Crippen molar-refractivity contribution in [2.24, 2.45) is 0 Å². The Bertz CT molecular complexity index is 2760. The second-order valence-corrected chi connectivity index (χ2v) is 13.4. The van der Waals surface area contributed by atoms with E-state index in [4.69, 9.17) is 18.0 Å². The summed E-state index contributed by atoms with van der Waals surface area (Å²) in [6.45, 7) is 9.71. The van der Waals surface area contributed by atoms with Gasteiger partial charge in [-0.05, 0) is 46.5 Å². The number of hydrogen-bond acceptors (Lipinski definition) is 7. The number of rotatable bonds is 2. The van der Waals surface area contributed by atoms with Crippen molar-refractivity contribution in [3.63, 3.8) is 0 Å². The second kappa shape index (κ2) is 10.1. The number of benzene rings is 6. The van der Waals surface area contributed by atoms with Gasteiger partial charge in [-0.15, -0.1) is 0 Å². The van der Waals surface area contributed by atoms with Crippen molar-refractivity contribution in [3.05, 3.63) is 116 Å². The van der Waals surface area contributed by atoms with Crippen LogP contribution in [-0.2, 0) is 12.8 Å². The van der Waals surface area contributed by atoms with Crippen LogP contribution in [0, 0.1) is 17.9 Å². The van der Waals surface area contributed by atoms with Gasteiger partial charge in [0, 0.05) is 87.0 Å². The Hall–Kier alpha value is -6.71. The average Bonchev–Trinajstić information content (AvgIpc) is 3.10. The summed E-state index contributed by atoms with van der Waals surface area (Å²) in [5.41, 5.74) is 17.8. The Balaban J connectivity index is 1.60. The highest BCUT2D eigenvalue weighted by atomic mass is 16.3. The molecule has 0 saturated carbocycles. The summed E-state index contributed by atoms with van der Waals surface area (Å²) in [5.74, 6) is -0.536. The number of nitrogens with zero attached hydrogens (tertiary/aromatic N) is 4. The van der Waals surface area contributed by atoms with Gasteiger partial charge >= 0.3 is 0 Å². The zero-order valence-corrected chi connectivity index (χ0v) is 27.3. The molecule has 0 unspecified atom stereocenters. The van der Waals surface area contributed by atoms with E-state index >= 15 is 5.11 Å². The molecule has 0 amide bonds. The number of phenolic OH excluding ortho intramolecular Hbond substituents is 2. The van der Waals surface area contributed by atoms with Crippen LogP contribution in [0.4, 0.5) is 17.1 Å². The van der Waals surface area contributed by atoms with Crippen LogP contribution >= 0.6 is 0 Å².